The average molecular weight is 297 g/mol. The van der Waals surface area contributed by atoms with Crippen molar-refractivity contribution in [2.45, 2.75) is 37.8 Å². The number of hydrogen-bond donors (Lipinski definition) is 2. The van der Waals surface area contributed by atoms with Gasteiger partial charge >= 0.3 is 5.97 Å². The van der Waals surface area contributed by atoms with Gasteiger partial charge in [0.1, 0.15) is 11.9 Å². The van der Waals surface area contributed by atoms with Crippen LogP contribution in [0.25, 0.3) is 10.8 Å². The van der Waals surface area contributed by atoms with E-state index in [0.717, 1.165) is 35.2 Å². The number of nitrogens with one attached hydrogen (secondary N) is 1. The lowest BCUT2D eigenvalue weighted by molar-refractivity contribution is -0.138. The minimum atomic E-state index is -0.761. The Balaban J connectivity index is 1.76. The van der Waals surface area contributed by atoms with Crippen molar-refractivity contribution in [1.29, 1.82) is 0 Å². The Labute approximate surface area is 129 Å². The Morgan fingerprint density at radius 3 is 2.91 bits per heavy atom. The predicted octanol–water partition coefficient (Wildman–Crippen LogP) is 2.86. The van der Waals surface area contributed by atoms with Crippen molar-refractivity contribution >= 4 is 28.2 Å². The lowest BCUT2D eigenvalue weighted by atomic mass is 10.1. The van der Waals surface area contributed by atoms with Crippen molar-refractivity contribution in [2.75, 3.05) is 16.8 Å². The van der Waals surface area contributed by atoms with Crippen LogP contribution in [0, 0.1) is 0 Å². The molecule has 1 aromatic carbocycles. The molecule has 0 radical (unpaired) electrons. The van der Waals surface area contributed by atoms with Crippen molar-refractivity contribution in [3.63, 3.8) is 0 Å². The van der Waals surface area contributed by atoms with Gasteiger partial charge in [-0.1, -0.05) is 6.07 Å². The third kappa shape index (κ3) is 2.36. The molecule has 2 N–H and O–H groups in total. The minimum Gasteiger partial charge on any atom is -0.480 e. The average Bonchev–Trinajstić information content (AvgIpc) is 3.18. The molecule has 0 bridgehead atoms. The maximum Gasteiger partial charge on any atom is 0.326 e. The van der Waals surface area contributed by atoms with Gasteiger partial charge in [-0.3, -0.25) is 0 Å². The summed E-state index contributed by atoms with van der Waals surface area (Å²) in [5.74, 6) is 0.0328. The van der Waals surface area contributed by atoms with Crippen molar-refractivity contribution in [1.82, 2.24) is 4.98 Å². The Morgan fingerprint density at radius 1 is 1.27 bits per heavy atom. The zero-order chi connectivity index (χ0) is 15.1. The molecule has 0 amide bonds. The van der Waals surface area contributed by atoms with Crippen LogP contribution in [0.3, 0.4) is 0 Å². The Kier molecular flexibility index (Phi) is 3.13. The first-order valence-corrected chi connectivity index (χ1v) is 7.87. The summed E-state index contributed by atoms with van der Waals surface area (Å²) in [5.41, 5.74) is 1.09. The van der Waals surface area contributed by atoms with E-state index in [9.17, 15) is 9.90 Å². The van der Waals surface area contributed by atoms with Crippen molar-refractivity contribution in [2.24, 2.45) is 0 Å². The van der Waals surface area contributed by atoms with Crippen LogP contribution in [0.1, 0.15) is 25.7 Å². The second kappa shape index (κ2) is 5.16. The second-order valence-electron chi connectivity index (χ2n) is 6.18. The summed E-state index contributed by atoms with van der Waals surface area (Å²) in [4.78, 5) is 17.9. The third-order valence-electron chi connectivity index (χ3n) is 4.50. The SMILES string of the molecule is O=C(O)C1CCCN1c1nccc2ccc(NC3CC3)cc12. The van der Waals surface area contributed by atoms with Gasteiger partial charge in [0.15, 0.2) is 0 Å². The second-order valence-corrected chi connectivity index (χ2v) is 6.18. The molecule has 1 aliphatic carbocycles. The van der Waals surface area contributed by atoms with Gasteiger partial charge in [-0.2, -0.15) is 0 Å². The standard InChI is InChI=1S/C17H19N3O2/c21-17(22)15-2-1-9-20(15)16-14-10-13(19-12-5-6-12)4-3-11(14)7-8-18-16/h3-4,7-8,10,12,15,19H,1-2,5-6,9H2,(H,21,22). The summed E-state index contributed by atoms with van der Waals surface area (Å²) < 4.78 is 0. The first-order chi connectivity index (χ1) is 10.7. The molecule has 1 saturated heterocycles. The number of pyridine rings is 1. The lowest BCUT2D eigenvalue weighted by Gasteiger charge is -2.24. The van der Waals surface area contributed by atoms with E-state index in [1.807, 2.05) is 11.0 Å². The van der Waals surface area contributed by atoms with Crippen molar-refractivity contribution < 1.29 is 9.90 Å². The van der Waals surface area contributed by atoms with E-state index >= 15 is 0 Å². The normalized spacial score (nSPS) is 21.3. The first kappa shape index (κ1) is 13.4. The molecule has 114 valence electrons. The van der Waals surface area contributed by atoms with Gasteiger partial charge in [-0.25, -0.2) is 9.78 Å². The van der Waals surface area contributed by atoms with Crippen LogP contribution in [-0.4, -0.2) is 34.7 Å². The van der Waals surface area contributed by atoms with Gasteiger partial charge in [-0.15, -0.1) is 0 Å². The lowest BCUT2D eigenvalue weighted by Crippen LogP contribution is -2.36. The van der Waals surface area contributed by atoms with Gasteiger partial charge in [0.05, 0.1) is 0 Å². The van der Waals surface area contributed by atoms with E-state index in [4.69, 9.17) is 0 Å². The number of aromatic nitrogens is 1. The zero-order valence-corrected chi connectivity index (χ0v) is 12.3. The summed E-state index contributed by atoms with van der Waals surface area (Å²) in [7, 11) is 0. The van der Waals surface area contributed by atoms with Crippen molar-refractivity contribution in [3.05, 3.63) is 30.5 Å². The summed E-state index contributed by atoms with van der Waals surface area (Å²) in [6.07, 6.45) is 5.81. The third-order valence-corrected chi connectivity index (χ3v) is 4.50. The molecule has 1 aromatic heterocycles. The summed E-state index contributed by atoms with van der Waals surface area (Å²) >= 11 is 0. The summed E-state index contributed by atoms with van der Waals surface area (Å²) in [6.45, 7) is 0.753. The predicted molar refractivity (Wildman–Crippen MR) is 86.4 cm³/mol. The molecule has 2 heterocycles. The van der Waals surface area contributed by atoms with E-state index in [2.05, 4.69) is 28.5 Å². The number of fused-ring (bicyclic) bond motifs is 1. The van der Waals surface area contributed by atoms with Crippen LogP contribution < -0.4 is 10.2 Å². The fraction of sp³-hybridized carbons (Fsp3) is 0.412. The van der Waals surface area contributed by atoms with Crippen LogP contribution >= 0.6 is 0 Å². The Hall–Kier alpha value is -2.30. The molecule has 5 nitrogen and oxygen atoms in total. The Morgan fingerprint density at radius 2 is 2.14 bits per heavy atom. The van der Waals surface area contributed by atoms with Crippen LogP contribution in [0.5, 0.6) is 0 Å². The fourth-order valence-electron chi connectivity index (χ4n) is 3.21. The molecule has 4 rings (SSSR count). The van der Waals surface area contributed by atoms with E-state index in [1.165, 1.54) is 12.8 Å². The fourth-order valence-corrected chi connectivity index (χ4v) is 3.21. The van der Waals surface area contributed by atoms with E-state index < -0.39 is 12.0 Å². The van der Waals surface area contributed by atoms with Crippen LogP contribution in [0.2, 0.25) is 0 Å². The highest BCUT2D eigenvalue weighted by atomic mass is 16.4. The van der Waals surface area contributed by atoms with E-state index in [-0.39, 0.29) is 0 Å². The monoisotopic (exact) mass is 297 g/mol. The highest BCUT2D eigenvalue weighted by Crippen LogP contribution is 2.33. The van der Waals surface area contributed by atoms with Gasteiger partial charge in [-0.05, 0) is 49.3 Å². The topological polar surface area (TPSA) is 65.5 Å². The molecule has 1 saturated carbocycles. The number of anilines is 2. The largest absolute Gasteiger partial charge is 0.480 e. The smallest absolute Gasteiger partial charge is 0.326 e. The molecule has 2 aromatic rings. The number of aliphatic carboxylic acids is 1. The highest BCUT2D eigenvalue weighted by molar-refractivity contribution is 5.96. The van der Waals surface area contributed by atoms with E-state index in [1.54, 1.807) is 6.20 Å². The molecule has 1 aliphatic heterocycles. The first-order valence-electron chi connectivity index (χ1n) is 7.87. The number of hydrogen-bond acceptors (Lipinski definition) is 4. The number of carboxylic acids is 1. The maximum absolute atomic E-state index is 11.5. The van der Waals surface area contributed by atoms with Crippen LogP contribution in [0.15, 0.2) is 30.5 Å². The van der Waals surface area contributed by atoms with Crippen LogP contribution in [-0.2, 0) is 4.79 Å². The van der Waals surface area contributed by atoms with E-state index in [0.29, 0.717) is 12.5 Å². The molecule has 2 fully saturated rings. The molecule has 22 heavy (non-hydrogen) atoms. The molecule has 1 atom stereocenters. The molecule has 1 unspecified atom stereocenters. The maximum atomic E-state index is 11.5. The molecule has 5 heteroatoms. The number of carboxylic acid groups (broad SMARTS) is 1. The van der Waals surface area contributed by atoms with Crippen LogP contribution in [0.4, 0.5) is 11.5 Å². The number of rotatable bonds is 4. The number of carbonyl (C=O) groups is 1. The highest BCUT2D eigenvalue weighted by Gasteiger charge is 2.32. The van der Waals surface area contributed by atoms with Gasteiger partial charge in [0.25, 0.3) is 0 Å². The van der Waals surface area contributed by atoms with Gasteiger partial charge in [0.2, 0.25) is 0 Å². The molecular formula is C17H19N3O2. The molecule has 0 spiro atoms. The number of nitrogens with zero attached hydrogens (tertiary/aromatic N) is 2. The minimum absolute atomic E-state index is 0.460. The quantitative estimate of drug-likeness (QED) is 0.908. The molecular weight excluding hydrogens is 278 g/mol. The number of benzene rings is 1. The summed E-state index contributed by atoms with van der Waals surface area (Å²) in [5, 5.41) is 15.0. The van der Waals surface area contributed by atoms with Gasteiger partial charge < -0.3 is 15.3 Å². The summed E-state index contributed by atoms with van der Waals surface area (Å²) in [6, 6.07) is 8.38. The molecule has 2 aliphatic rings. The Bertz CT molecular complexity index is 727. The zero-order valence-electron chi connectivity index (χ0n) is 12.3. The van der Waals surface area contributed by atoms with Crippen molar-refractivity contribution in [3.8, 4) is 0 Å². The van der Waals surface area contributed by atoms with Gasteiger partial charge in [0, 0.05) is 29.9 Å².